The number of anilines is 1. The minimum Gasteiger partial charge on any atom is -0.508 e. The van der Waals surface area contributed by atoms with Gasteiger partial charge in [0, 0.05) is 23.2 Å². The van der Waals surface area contributed by atoms with Gasteiger partial charge in [0.2, 0.25) is 5.91 Å². The number of amides is 1. The number of aromatic hydroxyl groups is 1. The smallest absolute Gasteiger partial charge is 0.238 e. The van der Waals surface area contributed by atoms with Crippen LogP contribution in [0.4, 0.5) is 5.69 Å². The molecule has 1 aromatic heterocycles. The summed E-state index contributed by atoms with van der Waals surface area (Å²) in [5.41, 5.74) is 2.12. The third kappa shape index (κ3) is 5.53. The zero-order valence-corrected chi connectivity index (χ0v) is 17.1. The van der Waals surface area contributed by atoms with Crippen molar-refractivity contribution in [1.82, 2.24) is 4.90 Å². The zero-order chi connectivity index (χ0) is 20.8. The van der Waals surface area contributed by atoms with Crippen LogP contribution in [0.2, 0.25) is 5.02 Å². The van der Waals surface area contributed by atoms with Crippen LogP contribution in [0.25, 0.3) is 0 Å². The molecule has 0 saturated carbocycles. The van der Waals surface area contributed by atoms with Crippen molar-refractivity contribution in [2.45, 2.75) is 20.0 Å². The first-order valence-corrected chi connectivity index (χ1v) is 9.49. The van der Waals surface area contributed by atoms with E-state index in [0.717, 1.165) is 16.9 Å². The number of carbonyl (C=O) groups is 1. The average Bonchev–Trinajstić information content (AvgIpc) is 3.19. The Hall–Kier alpha value is -2.96. The maximum absolute atomic E-state index is 12.8. The normalized spacial score (nSPS) is 10.9. The number of phenols is 1. The largest absolute Gasteiger partial charge is 0.508 e. The van der Waals surface area contributed by atoms with Crippen molar-refractivity contribution in [1.29, 1.82) is 0 Å². The lowest BCUT2D eigenvalue weighted by molar-refractivity contribution is -0.117. The van der Waals surface area contributed by atoms with E-state index in [4.69, 9.17) is 20.8 Å². The maximum Gasteiger partial charge on any atom is 0.238 e. The highest BCUT2D eigenvalue weighted by Crippen LogP contribution is 2.31. The molecule has 3 rings (SSSR count). The topological polar surface area (TPSA) is 74.9 Å². The van der Waals surface area contributed by atoms with Crippen molar-refractivity contribution < 1.29 is 19.1 Å². The number of aryl methyl sites for hydroxylation is 1. The summed E-state index contributed by atoms with van der Waals surface area (Å²) in [5, 5.41) is 13.6. The number of nitrogens with zero attached hydrogens (tertiary/aromatic N) is 1. The number of hydrogen-bond donors (Lipinski definition) is 2. The molecule has 0 atom stereocenters. The van der Waals surface area contributed by atoms with E-state index in [1.807, 2.05) is 30.0 Å². The summed E-state index contributed by atoms with van der Waals surface area (Å²) >= 11 is 6.14. The summed E-state index contributed by atoms with van der Waals surface area (Å²) in [4.78, 5) is 14.6. The molecule has 1 amide bonds. The van der Waals surface area contributed by atoms with Gasteiger partial charge in [-0.25, -0.2) is 0 Å². The standard InChI is InChI=1S/C22H23ClN2O4/c1-15-10-19(21(28-2)11-18(15)23)24-22(27)14-25(13-17-7-5-9-29-17)12-16-6-3-4-8-20(16)26/h3-11,26H,12-14H2,1-2H3,(H,24,27). The van der Waals surface area contributed by atoms with Gasteiger partial charge in [0.25, 0.3) is 0 Å². The molecule has 3 aromatic rings. The number of ether oxygens (including phenoxy) is 1. The molecule has 0 aliphatic heterocycles. The van der Waals surface area contributed by atoms with Crippen LogP contribution < -0.4 is 10.1 Å². The summed E-state index contributed by atoms with van der Waals surface area (Å²) in [6.07, 6.45) is 1.59. The third-order valence-electron chi connectivity index (χ3n) is 4.47. The first kappa shape index (κ1) is 20.8. The molecule has 0 spiro atoms. The molecule has 2 N–H and O–H groups in total. The molecule has 7 heteroatoms. The molecule has 152 valence electrons. The van der Waals surface area contributed by atoms with Gasteiger partial charge in [-0.1, -0.05) is 29.8 Å². The van der Waals surface area contributed by atoms with Crippen LogP contribution in [-0.2, 0) is 17.9 Å². The first-order chi connectivity index (χ1) is 14.0. The van der Waals surface area contributed by atoms with Crippen molar-refractivity contribution in [2.24, 2.45) is 0 Å². The van der Waals surface area contributed by atoms with Gasteiger partial charge in [-0.2, -0.15) is 0 Å². The predicted octanol–water partition coefficient (Wildman–Crippen LogP) is 4.60. The van der Waals surface area contributed by atoms with E-state index in [2.05, 4.69) is 5.32 Å². The van der Waals surface area contributed by atoms with Crippen LogP contribution in [0.1, 0.15) is 16.9 Å². The molecule has 0 bridgehead atoms. The van der Waals surface area contributed by atoms with E-state index in [9.17, 15) is 9.90 Å². The minimum absolute atomic E-state index is 0.0971. The van der Waals surface area contributed by atoms with Gasteiger partial charge < -0.3 is 19.6 Å². The summed E-state index contributed by atoms with van der Waals surface area (Å²) < 4.78 is 10.7. The van der Waals surface area contributed by atoms with Crippen LogP contribution >= 0.6 is 11.6 Å². The second-order valence-corrected chi connectivity index (χ2v) is 7.11. The fraction of sp³-hybridized carbons (Fsp3) is 0.227. The number of hydrogen-bond acceptors (Lipinski definition) is 5. The van der Waals surface area contributed by atoms with E-state index in [0.29, 0.717) is 29.5 Å². The molecule has 0 saturated heterocycles. The minimum atomic E-state index is -0.216. The summed E-state index contributed by atoms with van der Waals surface area (Å²) in [6, 6.07) is 14.2. The number of furan rings is 1. The van der Waals surface area contributed by atoms with Gasteiger partial charge in [0.15, 0.2) is 0 Å². The van der Waals surface area contributed by atoms with Gasteiger partial charge >= 0.3 is 0 Å². The SMILES string of the molecule is COc1cc(Cl)c(C)cc1NC(=O)CN(Cc1ccco1)Cc1ccccc1O. The van der Waals surface area contributed by atoms with E-state index >= 15 is 0 Å². The zero-order valence-electron chi connectivity index (χ0n) is 16.3. The average molecular weight is 415 g/mol. The lowest BCUT2D eigenvalue weighted by atomic mass is 10.2. The van der Waals surface area contributed by atoms with Gasteiger partial charge in [-0.05, 0) is 36.8 Å². The molecule has 2 aromatic carbocycles. The van der Waals surface area contributed by atoms with Gasteiger partial charge in [-0.15, -0.1) is 0 Å². The molecule has 6 nitrogen and oxygen atoms in total. The molecular weight excluding hydrogens is 392 g/mol. The van der Waals surface area contributed by atoms with E-state index < -0.39 is 0 Å². The number of carbonyl (C=O) groups excluding carboxylic acids is 1. The second-order valence-electron chi connectivity index (χ2n) is 6.70. The number of methoxy groups -OCH3 is 1. The number of para-hydroxylation sites is 1. The van der Waals surface area contributed by atoms with Gasteiger partial charge in [0.1, 0.15) is 17.3 Å². The molecule has 0 unspecified atom stereocenters. The van der Waals surface area contributed by atoms with Crippen LogP contribution in [0, 0.1) is 6.92 Å². The van der Waals surface area contributed by atoms with Crippen LogP contribution in [0.5, 0.6) is 11.5 Å². The van der Waals surface area contributed by atoms with E-state index in [-0.39, 0.29) is 18.2 Å². The van der Waals surface area contributed by atoms with Crippen LogP contribution in [0.15, 0.2) is 59.2 Å². The van der Waals surface area contributed by atoms with Crippen molar-refractivity contribution in [3.8, 4) is 11.5 Å². The Kier molecular flexibility index (Phi) is 6.80. The number of benzene rings is 2. The lowest BCUT2D eigenvalue weighted by Gasteiger charge is -2.22. The lowest BCUT2D eigenvalue weighted by Crippen LogP contribution is -2.32. The Morgan fingerprint density at radius 1 is 1.21 bits per heavy atom. The molecular formula is C22H23ClN2O4. The Morgan fingerprint density at radius 3 is 2.69 bits per heavy atom. The van der Waals surface area contributed by atoms with E-state index in [1.54, 1.807) is 36.6 Å². The second kappa shape index (κ2) is 9.49. The Balaban J connectivity index is 1.75. The molecule has 0 radical (unpaired) electrons. The van der Waals surface area contributed by atoms with Gasteiger partial charge in [0.05, 0.1) is 32.1 Å². The summed E-state index contributed by atoms with van der Waals surface area (Å²) in [6.45, 7) is 2.77. The van der Waals surface area contributed by atoms with Crippen LogP contribution in [-0.4, -0.2) is 29.6 Å². The third-order valence-corrected chi connectivity index (χ3v) is 4.87. The monoisotopic (exact) mass is 414 g/mol. The number of halogens is 1. The van der Waals surface area contributed by atoms with Crippen LogP contribution in [0.3, 0.4) is 0 Å². The molecule has 0 aliphatic rings. The van der Waals surface area contributed by atoms with E-state index in [1.165, 1.54) is 7.11 Å². The van der Waals surface area contributed by atoms with Crippen molar-refractivity contribution in [3.63, 3.8) is 0 Å². The Bertz CT molecular complexity index is 973. The van der Waals surface area contributed by atoms with Crippen molar-refractivity contribution in [2.75, 3.05) is 19.0 Å². The Morgan fingerprint density at radius 2 is 2.00 bits per heavy atom. The first-order valence-electron chi connectivity index (χ1n) is 9.12. The predicted molar refractivity (Wildman–Crippen MR) is 112 cm³/mol. The Labute approximate surface area is 174 Å². The number of phenolic OH excluding ortho intramolecular Hbond substituents is 1. The molecule has 29 heavy (non-hydrogen) atoms. The molecule has 1 heterocycles. The van der Waals surface area contributed by atoms with Gasteiger partial charge in [-0.3, -0.25) is 9.69 Å². The number of nitrogens with one attached hydrogen (secondary N) is 1. The summed E-state index contributed by atoms with van der Waals surface area (Å²) in [5.74, 6) is 1.19. The quantitative estimate of drug-likeness (QED) is 0.563. The molecule has 0 fully saturated rings. The van der Waals surface area contributed by atoms with Crippen molar-refractivity contribution >= 4 is 23.2 Å². The maximum atomic E-state index is 12.8. The fourth-order valence-corrected chi connectivity index (χ4v) is 3.15. The highest BCUT2D eigenvalue weighted by Gasteiger charge is 2.17. The fourth-order valence-electron chi connectivity index (χ4n) is 3.00. The number of rotatable bonds is 8. The molecule has 0 aliphatic carbocycles. The highest BCUT2D eigenvalue weighted by atomic mass is 35.5. The summed E-state index contributed by atoms with van der Waals surface area (Å²) in [7, 11) is 1.53. The van der Waals surface area contributed by atoms with Crippen molar-refractivity contribution in [3.05, 3.63) is 76.7 Å². The highest BCUT2D eigenvalue weighted by molar-refractivity contribution is 6.31.